The summed E-state index contributed by atoms with van der Waals surface area (Å²) in [5.41, 5.74) is 0.156. The highest BCUT2D eigenvalue weighted by Crippen LogP contribution is 2.29. The zero-order valence-electron chi connectivity index (χ0n) is 16.6. The van der Waals surface area contributed by atoms with Gasteiger partial charge in [0.1, 0.15) is 0 Å². The molecule has 1 aromatic heterocycles. The summed E-state index contributed by atoms with van der Waals surface area (Å²) >= 11 is 1.09. The third-order valence-electron chi connectivity index (χ3n) is 4.49. The lowest BCUT2D eigenvalue weighted by atomic mass is 10.1. The third-order valence-corrected chi connectivity index (χ3v) is 5.42. The summed E-state index contributed by atoms with van der Waals surface area (Å²) in [6.45, 7) is 0. The van der Waals surface area contributed by atoms with E-state index >= 15 is 0 Å². The topological polar surface area (TPSA) is 157 Å². The Kier molecular flexibility index (Phi) is 5.74. The molecule has 0 fully saturated rings. The number of nitrogens with one attached hydrogen (secondary N) is 2. The number of carbonyl (C=O) groups excluding carboxylic acids is 2. The molecule has 0 atom stereocenters. The highest BCUT2D eigenvalue weighted by Gasteiger charge is 2.21. The SMILES string of the molecule is O=C(Nc1ccccc1)c1ccc2nc(NC(=O)c3cc([N+](=O)[O-])cc([N+](=O)[O-])c3)sc2c1. The van der Waals surface area contributed by atoms with Crippen molar-refractivity contribution in [1.82, 2.24) is 4.98 Å². The monoisotopic (exact) mass is 463 g/mol. The van der Waals surface area contributed by atoms with Crippen LogP contribution < -0.4 is 10.6 Å². The molecule has 4 aromatic rings. The fourth-order valence-corrected chi connectivity index (χ4v) is 3.85. The molecule has 164 valence electrons. The molecule has 2 N–H and O–H groups in total. The van der Waals surface area contributed by atoms with E-state index in [0.717, 1.165) is 29.5 Å². The minimum absolute atomic E-state index is 0.171. The molecule has 0 unspecified atom stereocenters. The Morgan fingerprint density at radius 3 is 2.06 bits per heavy atom. The van der Waals surface area contributed by atoms with Gasteiger partial charge in [-0.15, -0.1) is 0 Å². The molecule has 2 amide bonds. The van der Waals surface area contributed by atoms with Gasteiger partial charge in [-0.1, -0.05) is 29.5 Å². The van der Waals surface area contributed by atoms with E-state index < -0.39 is 27.1 Å². The van der Waals surface area contributed by atoms with Crippen LogP contribution in [0.4, 0.5) is 22.2 Å². The first-order valence-electron chi connectivity index (χ1n) is 9.32. The molecule has 0 aliphatic carbocycles. The van der Waals surface area contributed by atoms with Crippen molar-refractivity contribution in [3.8, 4) is 0 Å². The number of para-hydroxylation sites is 1. The van der Waals surface area contributed by atoms with Crippen molar-refractivity contribution in [3.05, 3.63) is 98.1 Å². The van der Waals surface area contributed by atoms with E-state index in [-0.39, 0.29) is 16.6 Å². The van der Waals surface area contributed by atoms with E-state index in [4.69, 9.17) is 0 Å². The zero-order valence-corrected chi connectivity index (χ0v) is 17.4. The summed E-state index contributed by atoms with van der Waals surface area (Å²) in [4.78, 5) is 49.8. The van der Waals surface area contributed by atoms with Gasteiger partial charge in [-0.05, 0) is 30.3 Å². The molecule has 0 radical (unpaired) electrons. The van der Waals surface area contributed by atoms with E-state index in [1.807, 2.05) is 6.07 Å². The number of thiazole rings is 1. The first kappa shape index (κ1) is 21.5. The van der Waals surface area contributed by atoms with Gasteiger partial charge in [0.15, 0.2) is 5.13 Å². The molecule has 11 nitrogen and oxygen atoms in total. The van der Waals surface area contributed by atoms with Gasteiger partial charge in [0.2, 0.25) is 0 Å². The van der Waals surface area contributed by atoms with Gasteiger partial charge >= 0.3 is 0 Å². The highest BCUT2D eigenvalue weighted by atomic mass is 32.1. The largest absolute Gasteiger partial charge is 0.322 e. The van der Waals surface area contributed by atoms with E-state index in [9.17, 15) is 29.8 Å². The number of benzene rings is 3. The Balaban J connectivity index is 1.56. The molecular weight excluding hydrogens is 450 g/mol. The van der Waals surface area contributed by atoms with Crippen LogP contribution in [0.2, 0.25) is 0 Å². The lowest BCUT2D eigenvalue weighted by Gasteiger charge is -2.04. The fraction of sp³-hybridized carbons (Fsp3) is 0. The average molecular weight is 463 g/mol. The van der Waals surface area contributed by atoms with Crippen LogP contribution in [0, 0.1) is 20.2 Å². The molecule has 0 spiro atoms. The van der Waals surface area contributed by atoms with Crippen molar-refractivity contribution in [2.75, 3.05) is 10.6 Å². The maximum atomic E-state index is 12.6. The van der Waals surface area contributed by atoms with Crippen molar-refractivity contribution in [1.29, 1.82) is 0 Å². The number of fused-ring (bicyclic) bond motifs is 1. The minimum atomic E-state index is -0.816. The van der Waals surface area contributed by atoms with Gasteiger partial charge < -0.3 is 5.32 Å². The minimum Gasteiger partial charge on any atom is -0.322 e. The summed E-state index contributed by atoms with van der Waals surface area (Å²) in [7, 11) is 0. The fourth-order valence-electron chi connectivity index (χ4n) is 2.95. The number of non-ortho nitro benzene ring substituents is 2. The third kappa shape index (κ3) is 4.80. The first-order valence-corrected chi connectivity index (χ1v) is 10.1. The summed E-state index contributed by atoms with van der Waals surface area (Å²) in [6, 6.07) is 16.5. The summed E-state index contributed by atoms with van der Waals surface area (Å²) in [5.74, 6) is -1.10. The molecule has 1 heterocycles. The van der Waals surface area contributed by atoms with Crippen LogP contribution in [-0.2, 0) is 0 Å². The standard InChI is InChI=1S/C21H13N5O6S/c27-19(22-14-4-2-1-3-5-14)12-6-7-17-18(10-12)33-21(23-17)24-20(28)13-8-15(25(29)30)11-16(9-13)26(31)32/h1-11H,(H,22,27)(H,23,24,28). The number of anilines is 2. The summed E-state index contributed by atoms with van der Waals surface area (Å²) < 4.78 is 0.621. The van der Waals surface area contributed by atoms with Gasteiger partial charge in [-0.3, -0.25) is 35.1 Å². The molecule has 0 aliphatic heterocycles. The Hall–Kier alpha value is -4.71. The molecule has 0 saturated carbocycles. The van der Waals surface area contributed by atoms with Crippen LogP contribution in [0.25, 0.3) is 10.2 Å². The molecule has 0 bridgehead atoms. The second-order valence-corrected chi connectivity index (χ2v) is 7.76. The number of nitro groups is 2. The number of rotatable bonds is 6. The number of hydrogen-bond acceptors (Lipinski definition) is 8. The van der Waals surface area contributed by atoms with Crippen molar-refractivity contribution in [3.63, 3.8) is 0 Å². The van der Waals surface area contributed by atoms with Crippen LogP contribution in [0.15, 0.2) is 66.7 Å². The Bertz CT molecular complexity index is 1390. The van der Waals surface area contributed by atoms with Gasteiger partial charge in [0.05, 0.1) is 31.7 Å². The second-order valence-electron chi connectivity index (χ2n) is 6.73. The number of aromatic nitrogens is 1. The first-order chi connectivity index (χ1) is 15.8. The van der Waals surface area contributed by atoms with Crippen LogP contribution in [0.5, 0.6) is 0 Å². The quantitative estimate of drug-likeness (QED) is 0.312. The van der Waals surface area contributed by atoms with E-state index in [1.165, 1.54) is 0 Å². The molecule has 0 aliphatic rings. The van der Waals surface area contributed by atoms with Crippen molar-refractivity contribution in [2.45, 2.75) is 0 Å². The number of amides is 2. The lowest BCUT2D eigenvalue weighted by molar-refractivity contribution is -0.394. The molecule has 4 rings (SSSR count). The normalized spacial score (nSPS) is 10.5. The predicted molar refractivity (Wildman–Crippen MR) is 122 cm³/mol. The van der Waals surface area contributed by atoms with Crippen molar-refractivity contribution >= 4 is 55.6 Å². The van der Waals surface area contributed by atoms with E-state index in [1.54, 1.807) is 42.5 Å². The Labute approximate surface area is 189 Å². The highest BCUT2D eigenvalue weighted by molar-refractivity contribution is 7.22. The van der Waals surface area contributed by atoms with E-state index in [2.05, 4.69) is 15.6 Å². The Morgan fingerprint density at radius 2 is 1.42 bits per heavy atom. The van der Waals surface area contributed by atoms with Crippen molar-refractivity contribution < 1.29 is 19.4 Å². The number of nitrogens with zero attached hydrogens (tertiary/aromatic N) is 3. The van der Waals surface area contributed by atoms with Crippen LogP contribution in [0.3, 0.4) is 0 Å². The molecular formula is C21H13N5O6S. The average Bonchev–Trinajstić information content (AvgIpc) is 3.20. The molecule has 12 heteroatoms. The van der Waals surface area contributed by atoms with Crippen LogP contribution in [-0.4, -0.2) is 26.6 Å². The van der Waals surface area contributed by atoms with Crippen LogP contribution in [0.1, 0.15) is 20.7 Å². The number of carbonyl (C=O) groups is 2. The smallest absolute Gasteiger partial charge is 0.277 e. The summed E-state index contributed by atoms with van der Waals surface area (Å²) in [5, 5.41) is 27.5. The molecule has 33 heavy (non-hydrogen) atoms. The zero-order chi connectivity index (χ0) is 23.5. The van der Waals surface area contributed by atoms with Gasteiger partial charge in [-0.2, -0.15) is 0 Å². The molecule has 3 aromatic carbocycles. The number of hydrogen-bond donors (Lipinski definition) is 2. The lowest BCUT2D eigenvalue weighted by Crippen LogP contribution is -2.12. The van der Waals surface area contributed by atoms with E-state index in [0.29, 0.717) is 21.5 Å². The summed E-state index contributed by atoms with van der Waals surface area (Å²) in [6.07, 6.45) is 0. The van der Waals surface area contributed by atoms with Crippen molar-refractivity contribution in [2.24, 2.45) is 0 Å². The molecule has 0 saturated heterocycles. The van der Waals surface area contributed by atoms with Gasteiger partial charge in [0.25, 0.3) is 23.2 Å². The maximum Gasteiger partial charge on any atom is 0.277 e. The number of nitro benzene ring substituents is 2. The Morgan fingerprint density at radius 1 is 0.788 bits per heavy atom. The van der Waals surface area contributed by atoms with Crippen LogP contribution >= 0.6 is 11.3 Å². The van der Waals surface area contributed by atoms with Gasteiger partial charge in [0, 0.05) is 23.4 Å². The maximum absolute atomic E-state index is 12.6. The predicted octanol–water partition coefficient (Wildman–Crippen LogP) is 4.62. The second kappa shape index (κ2) is 8.80. The van der Waals surface area contributed by atoms with Gasteiger partial charge in [-0.25, -0.2) is 4.98 Å².